The van der Waals surface area contributed by atoms with Gasteiger partial charge < -0.3 is 10.1 Å². The molecule has 0 aromatic heterocycles. The van der Waals surface area contributed by atoms with Crippen molar-refractivity contribution < 1.29 is 19.1 Å². The number of rotatable bonds is 2. The molecule has 0 saturated heterocycles. The van der Waals surface area contributed by atoms with Gasteiger partial charge in [0.05, 0.1) is 12.3 Å². The molecule has 0 spiro atoms. The summed E-state index contributed by atoms with van der Waals surface area (Å²) >= 11 is 5.91. The summed E-state index contributed by atoms with van der Waals surface area (Å²) in [7, 11) is 0. The topological polar surface area (TPSA) is 72.5 Å². The second kappa shape index (κ2) is 6.06. The van der Waals surface area contributed by atoms with Crippen LogP contribution in [0.15, 0.2) is 35.6 Å². The first-order valence-corrected chi connectivity index (χ1v) is 8.16. The number of allylic oxidation sites excluding steroid dienone is 1. The van der Waals surface area contributed by atoms with Gasteiger partial charge >= 0.3 is 5.97 Å². The maximum atomic E-state index is 12.6. The lowest BCUT2D eigenvalue weighted by atomic mass is 9.72. The molecule has 6 heteroatoms. The van der Waals surface area contributed by atoms with E-state index in [-0.39, 0.29) is 17.6 Å². The third kappa shape index (κ3) is 3.36. The first kappa shape index (κ1) is 16.7. The van der Waals surface area contributed by atoms with Gasteiger partial charge in [0.25, 0.3) is 0 Å². The van der Waals surface area contributed by atoms with E-state index in [0.29, 0.717) is 34.9 Å². The van der Waals surface area contributed by atoms with Crippen LogP contribution in [0.1, 0.15) is 33.1 Å². The number of carbonyl (C=O) groups excluding carboxylic acids is 3. The maximum Gasteiger partial charge on any atom is 0.312 e. The standard InChI is InChI=1S/C18H18ClNO4/c1-18(2)8-13(21)16-12(7-15(22)24-14(16)9-18)17(23)20-11-5-3-4-10(19)6-11/h3-6,12H,7-9H2,1-2H3,(H,20,23). The number of nitrogens with one attached hydrogen (secondary N) is 1. The third-order valence-electron chi connectivity index (χ3n) is 4.24. The highest BCUT2D eigenvalue weighted by Gasteiger charge is 2.44. The number of halogens is 1. The molecule has 0 saturated carbocycles. The van der Waals surface area contributed by atoms with Crippen molar-refractivity contribution in [2.24, 2.45) is 11.3 Å². The van der Waals surface area contributed by atoms with Crippen LogP contribution in [0.2, 0.25) is 5.02 Å². The monoisotopic (exact) mass is 347 g/mol. The zero-order valence-electron chi connectivity index (χ0n) is 13.5. The van der Waals surface area contributed by atoms with Gasteiger partial charge in [0, 0.05) is 29.1 Å². The molecule has 2 aliphatic rings. The molecule has 0 fully saturated rings. The minimum atomic E-state index is -0.816. The predicted molar refractivity (Wildman–Crippen MR) is 89.3 cm³/mol. The Bertz CT molecular complexity index is 766. The molecule has 3 rings (SSSR count). The Labute approximate surface area is 145 Å². The Hall–Kier alpha value is -2.14. The largest absolute Gasteiger partial charge is 0.431 e. The van der Waals surface area contributed by atoms with Crippen LogP contribution < -0.4 is 5.32 Å². The lowest BCUT2D eigenvalue weighted by Crippen LogP contribution is -2.39. The molecule has 126 valence electrons. The molecule has 1 unspecified atom stereocenters. The molecular weight excluding hydrogens is 330 g/mol. The van der Waals surface area contributed by atoms with Crippen LogP contribution in [0.3, 0.4) is 0 Å². The van der Waals surface area contributed by atoms with Crippen molar-refractivity contribution in [1.82, 2.24) is 0 Å². The van der Waals surface area contributed by atoms with Gasteiger partial charge in [-0.3, -0.25) is 14.4 Å². The number of carbonyl (C=O) groups is 3. The Morgan fingerprint density at radius 1 is 1.29 bits per heavy atom. The Morgan fingerprint density at radius 2 is 2.04 bits per heavy atom. The molecule has 1 atom stereocenters. The highest BCUT2D eigenvalue weighted by molar-refractivity contribution is 6.30. The number of ether oxygens (including phenoxy) is 1. The normalized spacial score (nSPS) is 22.7. The van der Waals surface area contributed by atoms with E-state index in [2.05, 4.69) is 5.32 Å². The summed E-state index contributed by atoms with van der Waals surface area (Å²) in [6, 6.07) is 6.72. The number of anilines is 1. The molecule has 1 aromatic carbocycles. The van der Waals surface area contributed by atoms with Gasteiger partial charge in [0.15, 0.2) is 5.78 Å². The number of esters is 1. The molecule has 1 N–H and O–H groups in total. The summed E-state index contributed by atoms with van der Waals surface area (Å²) < 4.78 is 5.26. The number of ketones is 1. The summed E-state index contributed by atoms with van der Waals surface area (Å²) in [6.45, 7) is 3.89. The van der Waals surface area contributed by atoms with Gasteiger partial charge in [0.2, 0.25) is 5.91 Å². The zero-order valence-corrected chi connectivity index (χ0v) is 14.3. The van der Waals surface area contributed by atoms with Gasteiger partial charge in [-0.05, 0) is 23.6 Å². The molecule has 0 radical (unpaired) electrons. The molecule has 1 heterocycles. The third-order valence-corrected chi connectivity index (χ3v) is 4.48. The van der Waals surface area contributed by atoms with E-state index in [0.717, 1.165) is 0 Å². The van der Waals surface area contributed by atoms with Crippen molar-refractivity contribution >= 4 is 34.9 Å². The van der Waals surface area contributed by atoms with Crippen molar-refractivity contribution in [3.05, 3.63) is 40.6 Å². The lowest BCUT2D eigenvalue weighted by molar-refractivity contribution is -0.146. The quantitative estimate of drug-likeness (QED) is 0.831. The average molecular weight is 348 g/mol. The first-order chi connectivity index (χ1) is 11.2. The van der Waals surface area contributed by atoms with Crippen LogP contribution in [-0.4, -0.2) is 17.7 Å². The summed E-state index contributed by atoms with van der Waals surface area (Å²) in [5.41, 5.74) is 0.590. The van der Waals surface area contributed by atoms with E-state index in [1.807, 2.05) is 13.8 Å². The minimum absolute atomic E-state index is 0.125. The maximum absolute atomic E-state index is 12.6. The van der Waals surface area contributed by atoms with Gasteiger partial charge in [-0.1, -0.05) is 31.5 Å². The SMILES string of the molecule is CC1(C)CC(=O)C2=C(C1)OC(=O)CC2C(=O)Nc1cccc(Cl)c1. The summed E-state index contributed by atoms with van der Waals surface area (Å²) in [4.78, 5) is 37.0. The first-order valence-electron chi connectivity index (χ1n) is 7.78. The fraction of sp³-hybridized carbons (Fsp3) is 0.389. The molecule has 0 bridgehead atoms. The zero-order chi connectivity index (χ0) is 17.5. The fourth-order valence-corrected chi connectivity index (χ4v) is 3.41. The van der Waals surface area contributed by atoms with E-state index in [1.165, 1.54) is 0 Å². The van der Waals surface area contributed by atoms with Crippen LogP contribution in [0.5, 0.6) is 0 Å². The number of Topliss-reactive ketones (excluding diaryl/α,β-unsaturated/α-hetero) is 1. The van der Waals surface area contributed by atoms with E-state index in [9.17, 15) is 14.4 Å². The van der Waals surface area contributed by atoms with Crippen molar-refractivity contribution in [3.8, 4) is 0 Å². The van der Waals surface area contributed by atoms with E-state index in [4.69, 9.17) is 16.3 Å². The number of hydrogen-bond acceptors (Lipinski definition) is 4. The molecule has 1 aromatic rings. The fourth-order valence-electron chi connectivity index (χ4n) is 3.22. The number of amides is 1. The van der Waals surface area contributed by atoms with Crippen LogP contribution in [-0.2, 0) is 19.1 Å². The molecule has 1 amide bonds. The minimum Gasteiger partial charge on any atom is -0.431 e. The average Bonchev–Trinajstić information content (AvgIpc) is 2.44. The summed E-state index contributed by atoms with van der Waals surface area (Å²) in [5, 5.41) is 3.22. The predicted octanol–water partition coefficient (Wildman–Crippen LogP) is 3.48. The van der Waals surface area contributed by atoms with Crippen molar-refractivity contribution in [2.75, 3.05) is 5.32 Å². The summed E-state index contributed by atoms with van der Waals surface area (Å²) in [5.74, 6) is -1.47. The van der Waals surface area contributed by atoms with E-state index < -0.39 is 17.8 Å². The second-order valence-corrected chi connectivity index (χ2v) is 7.44. The highest BCUT2D eigenvalue weighted by atomic mass is 35.5. The van der Waals surface area contributed by atoms with Crippen molar-refractivity contribution in [3.63, 3.8) is 0 Å². The highest BCUT2D eigenvalue weighted by Crippen LogP contribution is 2.42. The molecule has 1 aliphatic carbocycles. The Balaban J connectivity index is 1.90. The van der Waals surface area contributed by atoms with Crippen LogP contribution >= 0.6 is 11.6 Å². The molecule has 5 nitrogen and oxygen atoms in total. The van der Waals surface area contributed by atoms with Gasteiger partial charge in [-0.25, -0.2) is 0 Å². The van der Waals surface area contributed by atoms with Crippen LogP contribution in [0.4, 0.5) is 5.69 Å². The molecular formula is C18H18ClNO4. The molecule has 1 aliphatic heterocycles. The molecule has 24 heavy (non-hydrogen) atoms. The number of benzene rings is 1. The van der Waals surface area contributed by atoms with Gasteiger partial charge in [0.1, 0.15) is 5.76 Å². The van der Waals surface area contributed by atoms with E-state index in [1.54, 1.807) is 24.3 Å². The van der Waals surface area contributed by atoms with Gasteiger partial charge in [-0.15, -0.1) is 0 Å². The van der Waals surface area contributed by atoms with Crippen molar-refractivity contribution in [2.45, 2.75) is 33.1 Å². The Morgan fingerprint density at radius 3 is 2.75 bits per heavy atom. The summed E-state index contributed by atoms with van der Waals surface area (Å²) in [6.07, 6.45) is 0.683. The van der Waals surface area contributed by atoms with Gasteiger partial charge in [-0.2, -0.15) is 0 Å². The number of hydrogen-bond donors (Lipinski definition) is 1. The van der Waals surface area contributed by atoms with E-state index >= 15 is 0 Å². The smallest absolute Gasteiger partial charge is 0.312 e. The lowest BCUT2D eigenvalue weighted by Gasteiger charge is -2.36. The Kier molecular flexibility index (Phi) is 4.22. The second-order valence-electron chi connectivity index (χ2n) is 7.01. The van der Waals surface area contributed by atoms with Crippen LogP contribution in [0, 0.1) is 11.3 Å². The van der Waals surface area contributed by atoms with Crippen LogP contribution in [0.25, 0.3) is 0 Å². The van der Waals surface area contributed by atoms with Crippen molar-refractivity contribution in [1.29, 1.82) is 0 Å².